The van der Waals surface area contributed by atoms with Crippen molar-refractivity contribution in [2.24, 2.45) is 0 Å². The second-order valence-corrected chi connectivity index (χ2v) is 5.46. The number of nitrogens with zero attached hydrogens (tertiary/aromatic N) is 3. The molecule has 104 valence electrons. The number of hydrogen-bond donors (Lipinski definition) is 0. The van der Waals surface area contributed by atoms with Gasteiger partial charge in [-0.15, -0.1) is 0 Å². The number of aryl methyl sites for hydroxylation is 1. The van der Waals surface area contributed by atoms with E-state index in [0.717, 1.165) is 6.54 Å². The van der Waals surface area contributed by atoms with Crippen LogP contribution in [0.25, 0.3) is 0 Å². The molecule has 1 aliphatic heterocycles. The van der Waals surface area contributed by atoms with Crippen LogP contribution in [0.2, 0.25) is 5.15 Å². The van der Waals surface area contributed by atoms with Crippen molar-refractivity contribution in [3.05, 3.63) is 52.6 Å². The number of carbonyl (C=O) groups excluding carboxylic acids is 1. The molecule has 1 atom stereocenters. The van der Waals surface area contributed by atoms with Gasteiger partial charge in [0.05, 0.1) is 6.04 Å². The quantitative estimate of drug-likeness (QED) is 0.757. The van der Waals surface area contributed by atoms with Crippen LogP contribution in [0.3, 0.4) is 0 Å². The van der Waals surface area contributed by atoms with Gasteiger partial charge in [0.15, 0.2) is 0 Å². The molecule has 2 aromatic rings. The van der Waals surface area contributed by atoms with E-state index in [1.807, 2.05) is 11.8 Å². The summed E-state index contributed by atoms with van der Waals surface area (Å²) in [5.41, 5.74) is 2.81. The Bertz CT molecular complexity index is 665. The highest BCUT2D eigenvalue weighted by Crippen LogP contribution is 2.28. The number of carbonyl (C=O) groups is 1. The number of hydrogen-bond acceptors (Lipinski definition) is 2. The van der Waals surface area contributed by atoms with Gasteiger partial charge in [0.1, 0.15) is 10.8 Å². The maximum atomic E-state index is 12.6. The maximum Gasteiger partial charge on any atom is 0.273 e. The second kappa shape index (κ2) is 4.94. The van der Waals surface area contributed by atoms with E-state index >= 15 is 0 Å². The minimum atomic E-state index is -0.0647. The topological polar surface area (TPSA) is 38.1 Å². The van der Waals surface area contributed by atoms with Crippen molar-refractivity contribution in [1.29, 1.82) is 0 Å². The van der Waals surface area contributed by atoms with Gasteiger partial charge in [0, 0.05) is 24.5 Å². The molecule has 0 saturated heterocycles. The van der Waals surface area contributed by atoms with Crippen LogP contribution in [-0.4, -0.2) is 26.9 Å². The fraction of sp³-hybridized carbons (Fsp3) is 0.333. The molecule has 20 heavy (non-hydrogen) atoms. The van der Waals surface area contributed by atoms with Gasteiger partial charge in [-0.1, -0.05) is 17.7 Å². The Balaban J connectivity index is 1.91. The molecule has 3 heterocycles. The van der Waals surface area contributed by atoms with Crippen molar-refractivity contribution < 1.29 is 4.79 Å². The molecule has 2 aromatic heterocycles. The maximum absolute atomic E-state index is 12.6. The Morgan fingerprint density at radius 2 is 2.10 bits per heavy atom. The molecule has 0 N–H and O–H groups in total. The molecule has 0 aromatic carbocycles. The first-order valence-electron chi connectivity index (χ1n) is 6.67. The van der Waals surface area contributed by atoms with Crippen molar-refractivity contribution in [3.63, 3.8) is 0 Å². The number of halogens is 1. The van der Waals surface area contributed by atoms with E-state index in [1.54, 1.807) is 18.2 Å². The summed E-state index contributed by atoms with van der Waals surface area (Å²) in [4.78, 5) is 18.5. The van der Waals surface area contributed by atoms with Crippen molar-refractivity contribution in [2.45, 2.75) is 26.4 Å². The van der Waals surface area contributed by atoms with Crippen molar-refractivity contribution in [1.82, 2.24) is 14.5 Å². The average molecular weight is 290 g/mol. The Labute approximate surface area is 123 Å². The summed E-state index contributed by atoms with van der Waals surface area (Å²) in [7, 11) is 0. The number of amides is 1. The summed E-state index contributed by atoms with van der Waals surface area (Å²) in [6.45, 7) is 5.65. The molecule has 3 rings (SSSR count). The fourth-order valence-electron chi connectivity index (χ4n) is 2.77. The van der Waals surface area contributed by atoms with Crippen LogP contribution in [0.1, 0.15) is 34.8 Å². The Hall–Kier alpha value is -1.81. The van der Waals surface area contributed by atoms with E-state index in [2.05, 4.69) is 28.6 Å². The highest BCUT2D eigenvalue weighted by molar-refractivity contribution is 6.29. The zero-order valence-corrected chi connectivity index (χ0v) is 12.3. The number of aromatic nitrogens is 2. The average Bonchev–Trinajstić information content (AvgIpc) is 2.81. The molecule has 0 spiro atoms. The van der Waals surface area contributed by atoms with E-state index in [-0.39, 0.29) is 11.9 Å². The third-order valence-electron chi connectivity index (χ3n) is 3.89. The van der Waals surface area contributed by atoms with Gasteiger partial charge in [-0.3, -0.25) is 4.79 Å². The zero-order valence-electron chi connectivity index (χ0n) is 11.5. The van der Waals surface area contributed by atoms with E-state index < -0.39 is 0 Å². The molecular weight excluding hydrogens is 274 g/mol. The molecule has 5 heteroatoms. The standard InChI is InChI=1S/C15H16ClN3O/c1-10-6-7-13-11(2)19(9-8-18(10)13)15(20)12-4-3-5-14(16)17-12/h3-7,11H,8-9H2,1-2H3. The molecular formula is C15H16ClN3O. The summed E-state index contributed by atoms with van der Waals surface area (Å²) in [6.07, 6.45) is 0. The van der Waals surface area contributed by atoms with Crippen LogP contribution in [0.5, 0.6) is 0 Å². The predicted octanol–water partition coefficient (Wildman–Crippen LogP) is 3.06. The highest BCUT2D eigenvalue weighted by Gasteiger charge is 2.29. The fourth-order valence-corrected chi connectivity index (χ4v) is 2.94. The summed E-state index contributed by atoms with van der Waals surface area (Å²) in [5, 5.41) is 0.347. The first kappa shape index (κ1) is 13.2. The summed E-state index contributed by atoms with van der Waals surface area (Å²) in [5.74, 6) is -0.0647. The van der Waals surface area contributed by atoms with Crippen LogP contribution in [0.4, 0.5) is 0 Å². The van der Waals surface area contributed by atoms with Gasteiger partial charge in [-0.25, -0.2) is 4.98 Å². The summed E-state index contributed by atoms with van der Waals surface area (Å²) in [6, 6.07) is 9.37. The number of rotatable bonds is 1. The van der Waals surface area contributed by atoms with Crippen LogP contribution in [-0.2, 0) is 6.54 Å². The van der Waals surface area contributed by atoms with E-state index in [4.69, 9.17) is 11.6 Å². The largest absolute Gasteiger partial charge is 0.345 e. The third-order valence-corrected chi connectivity index (χ3v) is 4.10. The third kappa shape index (κ3) is 2.10. The van der Waals surface area contributed by atoms with Crippen LogP contribution in [0, 0.1) is 6.92 Å². The highest BCUT2D eigenvalue weighted by atomic mass is 35.5. The first-order valence-corrected chi connectivity index (χ1v) is 7.05. The molecule has 0 radical (unpaired) electrons. The lowest BCUT2D eigenvalue weighted by Crippen LogP contribution is -2.41. The van der Waals surface area contributed by atoms with Crippen LogP contribution in [0.15, 0.2) is 30.3 Å². The predicted molar refractivity (Wildman–Crippen MR) is 77.9 cm³/mol. The van der Waals surface area contributed by atoms with Gasteiger partial charge in [0.25, 0.3) is 5.91 Å². The molecule has 0 aliphatic carbocycles. The van der Waals surface area contributed by atoms with E-state index in [1.165, 1.54) is 11.4 Å². The van der Waals surface area contributed by atoms with Gasteiger partial charge < -0.3 is 9.47 Å². The second-order valence-electron chi connectivity index (χ2n) is 5.07. The molecule has 0 saturated carbocycles. The monoisotopic (exact) mass is 289 g/mol. The van der Waals surface area contributed by atoms with E-state index in [9.17, 15) is 4.79 Å². The van der Waals surface area contributed by atoms with E-state index in [0.29, 0.717) is 17.4 Å². The van der Waals surface area contributed by atoms with Crippen LogP contribution >= 0.6 is 11.6 Å². The van der Waals surface area contributed by atoms with Crippen molar-refractivity contribution in [3.8, 4) is 0 Å². The lowest BCUT2D eigenvalue weighted by molar-refractivity contribution is 0.0637. The van der Waals surface area contributed by atoms with Gasteiger partial charge in [-0.2, -0.15) is 0 Å². The first-order chi connectivity index (χ1) is 9.58. The van der Waals surface area contributed by atoms with Crippen molar-refractivity contribution >= 4 is 17.5 Å². The minimum absolute atomic E-state index is 0.0470. The Morgan fingerprint density at radius 1 is 1.30 bits per heavy atom. The molecule has 0 fully saturated rings. The smallest absolute Gasteiger partial charge is 0.273 e. The van der Waals surface area contributed by atoms with Crippen LogP contribution < -0.4 is 0 Å². The Kier molecular flexibility index (Phi) is 3.26. The van der Waals surface area contributed by atoms with Gasteiger partial charge in [-0.05, 0) is 38.1 Å². The normalized spacial score (nSPS) is 17.9. The van der Waals surface area contributed by atoms with Gasteiger partial charge >= 0.3 is 0 Å². The molecule has 1 unspecified atom stereocenters. The van der Waals surface area contributed by atoms with Crippen molar-refractivity contribution in [2.75, 3.05) is 6.54 Å². The minimum Gasteiger partial charge on any atom is -0.345 e. The van der Waals surface area contributed by atoms with Gasteiger partial charge in [0.2, 0.25) is 0 Å². The molecule has 0 bridgehead atoms. The summed E-state index contributed by atoms with van der Waals surface area (Å²) >= 11 is 5.86. The summed E-state index contributed by atoms with van der Waals surface area (Å²) < 4.78 is 2.26. The molecule has 4 nitrogen and oxygen atoms in total. The number of pyridine rings is 1. The zero-order chi connectivity index (χ0) is 14.3. The molecule has 1 amide bonds. The number of fused-ring (bicyclic) bond motifs is 1. The lowest BCUT2D eigenvalue weighted by atomic mass is 10.1. The Morgan fingerprint density at radius 3 is 2.85 bits per heavy atom. The molecule has 1 aliphatic rings. The SMILES string of the molecule is Cc1ccc2n1CCN(C(=O)c1cccc(Cl)n1)C2C. The lowest BCUT2D eigenvalue weighted by Gasteiger charge is -2.35.